The number of halogens is 2. The van der Waals surface area contributed by atoms with Crippen molar-refractivity contribution in [1.29, 1.82) is 0 Å². The number of nitrogens with one attached hydrogen (secondary N) is 1. The number of aliphatic carboxylic acids is 1. The predicted molar refractivity (Wildman–Crippen MR) is 81.0 cm³/mol. The molecular weight excluding hydrogens is 317 g/mol. The molecule has 21 heavy (non-hydrogen) atoms. The first kappa shape index (κ1) is 17.6. The second-order valence-electron chi connectivity index (χ2n) is 5.15. The predicted octanol–water partition coefficient (Wildman–Crippen LogP) is 2.99. The molecule has 0 radical (unpaired) electrons. The fraction of sp³-hybridized carbons (Fsp3) is 0.429. The molecule has 5 nitrogen and oxygen atoms in total. The first-order chi connectivity index (χ1) is 9.72. The maximum absolute atomic E-state index is 11.6. The zero-order valence-electron chi connectivity index (χ0n) is 11.8. The van der Waals surface area contributed by atoms with E-state index in [2.05, 4.69) is 5.32 Å². The highest BCUT2D eigenvalue weighted by Crippen LogP contribution is 2.27. The largest absolute Gasteiger partial charge is 0.482 e. The SMILES string of the molecule is CC(C)(CCNC(=O)COc1cc(Cl)ccc1Cl)C(=O)O. The quantitative estimate of drug-likeness (QED) is 0.804. The Morgan fingerprint density at radius 1 is 1.33 bits per heavy atom. The van der Waals surface area contributed by atoms with E-state index in [-0.39, 0.29) is 19.1 Å². The van der Waals surface area contributed by atoms with Gasteiger partial charge < -0.3 is 15.2 Å². The summed E-state index contributed by atoms with van der Waals surface area (Å²) in [5, 5.41) is 12.4. The maximum atomic E-state index is 11.6. The number of carboxylic acid groups (broad SMARTS) is 1. The van der Waals surface area contributed by atoms with Gasteiger partial charge in [0.15, 0.2) is 6.61 Å². The molecular formula is C14H17Cl2NO4. The van der Waals surface area contributed by atoms with E-state index in [1.54, 1.807) is 26.0 Å². The van der Waals surface area contributed by atoms with Crippen LogP contribution in [-0.4, -0.2) is 30.1 Å². The van der Waals surface area contributed by atoms with E-state index in [1.165, 1.54) is 6.07 Å². The van der Waals surface area contributed by atoms with Crippen LogP contribution in [0.1, 0.15) is 20.3 Å². The number of carbonyl (C=O) groups is 2. The Labute approximate surface area is 133 Å². The third-order valence-corrected chi connectivity index (χ3v) is 3.45. The van der Waals surface area contributed by atoms with Crippen molar-refractivity contribution in [1.82, 2.24) is 5.32 Å². The first-order valence-corrected chi connectivity index (χ1v) is 7.06. The second-order valence-corrected chi connectivity index (χ2v) is 6.00. The molecule has 0 spiro atoms. The number of hydrogen-bond donors (Lipinski definition) is 2. The van der Waals surface area contributed by atoms with Gasteiger partial charge in [-0.3, -0.25) is 9.59 Å². The van der Waals surface area contributed by atoms with Gasteiger partial charge in [-0.1, -0.05) is 23.2 Å². The number of amides is 1. The Morgan fingerprint density at radius 3 is 2.62 bits per heavy atom. The third kappa shape index (κ3) is 5.81. The van der Waals surface area contributed by atoms with E-state index in [4.69, 9.17) is 33.0 Å². The fourth-order valence-corrected chi connectivity index (χ4v) is 1.74. The van der Waals surface area contributed by atoms with Gasteiger partial charge in [0.25, 0.3) is 5.91 Å². The molecule has 2 N–H and O–H groups in total. The molecule has 1 rings (SSSR count). The van der Waals surface area contributed by atoms with Crippen LogP contribution < -0.4 is 10.1 Å². The van der Waals surface area contributed by atoms with Crippen molar-refractivity contribution >= 4 is 35.1 Å². The van der Waals surface area contributed by atoms with E-state index in [9.17, 15) is 9.59 Å². The van der Waals surface area contributed by atoms with Crippen molar-refractivity contribution < 1.29 is 19.4 Å². The molecule has 7 heteroatoms. The van der Waals surface area contributed by atoms with Gasteiger partial charge in [-0.25, -0.2) is 0 Å². The van der Waals surface area contributed by atoms with Crippen molar-refractivity contribution in [3.63, 3.8) is 0 Å². The lowest BCUT2D eigenvalue weighted by atomic mass is 9.90. The van der Waals surface area contributed by atoms with Crippen molar-refractivity contribution in [2.45, 2.75) is 20.3 Å². The van der Waals surface area contributed by atoms with E-state index in [0.717, 1.165) is 0 Å². The van der Waals surface area contributed by atoms with Crippen LogP contribution in [0.3, 0.4) is 0 Å². The zero-order valence-corrected chi connectivity index (χ0v) is 13.3. The lowest BCUT2D eigenvalue weighted by Crippen LogP contribution is -2.34. The Hall–Kier alpha value is -1.46. The van der Waals surface area contributed by atoms with Gasteiger partial charge in [0.2, 0.25) is 0 Å². The molecule has 1 aromatic rings. The molecule has 0 aliphatic carbocycles. The number of benzene rings is 1. The Bertz CT molecular complexity index is 532. The van der Waals surface area contributed by atoms with E-state index >= 15 is 0 Å². The Balaban J connectivity index is 2.38. The lowest BCUT2D eigenvalue weighted by molar-refractivity contribution is -0.147. The number of carboxylic acids is 1. The van der Waals surface area contributed by atoms with E-state index in [0.29, 0.717) is 22.2 Å². The van der Waals surface area contributed by atoms with Gasteiger partial charge in [-0.15, -0.1) is 0 Å². The molecule has 116 valence electrons. The average Bonchev–Trinajstić information content (AvgIpc) is 2.39. The van der Waals surface area contributed by atoms with Crippen LogP contribution in [0.2, 0.25) is 10.0 Å². The van der Waals surface area contributed by atoms with Crippen LogP contribution in [-0.2, 0) is 9.59 Å². The summed E-state index contributed by atoms with van der Waals surface area (Å²) in [6, 6.07) is 4.71. The molecule has 0 heterocycles. The van der Waals surface area contributed by atoms with E-state index < -0.39 is 11.4 Å². The van der Waals surface area contributed by atoms with Crippen LogP contribution in [0.15, 0.2) is 18.2 Å². The summed E-state index contributed by atoms with van der Waals surface area (Å²) < 4.78 is 5.26. The van der Waals surface area contributed by atoms with Crippen LogP contribution in [0, 0.1) is 5.41 Å². The fourth-order valence-electron chi connectivity index (χ4n) is 1.40. The molecule has 0 atom stereocenters. The normalized spacial score (nSPS) is 11.0. The summed E-state index contributed by atoms with van der Waals surface area (Å²) >= 11 is 11.7. The van der Waals surface area contributed by atoms with Gasteiger partial charge in [0, 0.05) is 17.6 Å². The molecule has 0 unspecified atom stereocenters. The summed E-state index contributed by atoms with van der Waals surface area (Å²) in [6.45, 7) is 3.24. The number of carbonyl (C=O) groups excluding carboxylic acids is 1. The minimum Gasteiger partial charge on any atom is -0.482 e. The molecule has 0 aliphatic rings. The summed E-state index contributed by atoms with van der Waals surface area (Å²) in [5.41, 5.74) is -0.885. The number of rotatable bonds is 7. The summed E-state index contributed by atoms with van der Waals surface area (Å²) in [6.07, 6.45) is 0.325. The van der Waals surface area contributed by atoms with Crippen LogP contribution >= 0.6 is 23.2 Å². The first-order valence-electron chi connectivity index (χ1n) is 6.30. The molecule has 0 aliphatic heterocycles. The number of hydrogen-bond acceptors (Lipinski definition) is 3. The minimum atomic E-state index is -0.904. The van der Waals surface area contributed by atoms with Crippen molar-refractivity contribution in [2.75, 3.05) is 13.2 Å². The van der Waals surface area contributed by atoms with Crippen molar-refractivity contribution in [3.05, 3.63) is 28.2 Å². The lowest BCUT2D eigenvalue weighted by Gasteiger charge is -2.18. The third-order valence-electron chi connectivity index (χ3n) is 2.90. The standard InChI is InChI=1S/C14H17Cl2NO4/c1-14(2,13(19)20)5-6-17-12(18)8-21-11-7-9(15)3-4-10(11)16/h3-4,7H,5-6,8H2,1-2H3,(H,17,18)(H,19,20). The highest BCUT2D eigenvalue weighted by atomic mass is 35.5. The maximum Gasteiger partial charge on any atom is 0.309 e. The monoisotopic (exact) mass is 333 g/mol. The smallest absolute Gasteiger partial charge is 0.309 e. The van der Waals surface area contributed by atoms with Gasteiger partial charge in [0.05, 0.1) is 10.4 Å². The molecule has 0 saturated carbocycles. The topological polar surface area (TPSA) is 75.6 Å². The van der Waals surface area contributed by atoms with Crippen LogP contribution in [0.5, 0.6) is 5.75 Å². The molecule has 0 aromatic heterocycles. The van der Waals surface area contributed by atoms with Gasteiger partial charge >= 0.3 is 5.97 Å². The van der Waals surface area contributed by atoms with Gasteiger partial charge in [-0.05, 0) is 32.4 Å². The molecule has 0 fully saturated rings. The zero-order chi connectivity index (χ0) is 16.0. The summed E-state index contributed by atoms with van der Waals surface area (Å²) in [4.78, 5) is 22.5. The van der Waals surface area contributed by atoms with Gasteiger partial charge in [-0.2, -0.15) is 0 Å². The van der Waals surface area contributed by atoms with Crippen LogP contribution in [0.25, 0.3) is 0 Å². The van der Waals surface area contributed by atoms with Crippen LogP contribution in [0.4, 0.5) is 0 Å². The highest BCUT2D eigenvalue weighted by molar-refractivity contribution is 6.34. The van der Waals surface area contributed by atoms with Gasteiger partial charge in [0.1, 0.15) is 5.75 Å². The molecule has 1 amide bonds. The average molecular weight is 334 g/mol. The minimum absolute atomic E-state index is 0.215. The molecule has 0 saturated heterocycles. The summed E-state index contributed by atoms with van der Waals surface area (Å²) in [7, 11) is 0. The molecule has 1 aromatic carbocycles. The number of ether oxygens (including phenoxy) is 1. The van der Waals surface area contributed by atoms with Crippen molar-refractivity contribution in [2.24, 2.45) is 5.41 Å². The van der Waals surface area contributed by atoms with Crippen molar-refractivity contribution in [3.8, 4) is 5.75 Å². The molecule has 0 bridgehead atoms. The van der Waals surface area contributed by atoms with E-state index in [1.807, 2.05) is 0 Å². The Kier molecular flexibility index (Phi) is 6.30. The summed E-state index contributed by atoms with van der Waals surface area (Å²) in [5.74, 6) is -0.934. The Morgan fingerprint density at radius 2 is 2.00 bits per heavy atom. The second kappa shape index (κ2) is 7.52. The highest BCUT2D eigenvalue weighted by Gasteiger charge is 2.26.